The minimum atomic E-state index is -0.548. The van der Waals surface area contributed by atoms with Crippen molar-refractivity contribution >= 4 is 23.7 Å². The summed E-state index contributed by atoms with van der Waals surface area (Å²) in [6, 6.07) is 1.45. The van der Waals surface area contributed by atoms with E-state index in [4.69, 9.17) is 0 Å². The van der Waals surface area contributed by atoms with Crippen molar-refractivity contribution in [3.63, 3.8) is 0 Å². The van der Waals surface area contributed by atoms with Crippen LogP contribution < -0.4 is 10.6 Å². The number of fused-ring (bicyclic) bond motifs is 1. The summed E-state index contributed by atoms with van der Waals surface area (Å²) in [6.45, 7) is 0. The average Bonchev–Trinajstić information content (AvgIpc) is 2.32. The van der Waals surface area contributed by atoms with Crippen molar-refractivity contribution in [2.75, 3.05) is 0 Å². The van der Waals surface area contributed by atoms with Crippen molar-refractivity contribution in [3.8, 4) is 5.88 Å². The average molecular weight is 177 g/mol. The van der Waals surface area contributed by atoms with Crippen molar-refractivity contribution in [3.05, 3.63) is 16.6 Å². The lowest BCUT2D eigenvalue weighted by atomic mass is 10.1. The molecule has 13 heavy (non-hydrogen) atoms. The van der Waals surface area contributed by atoms with Gasteiger partial charge in [-0.3, -0.25) is 9.59 Å². The van der Waals surface area contributed by atoms with Crippen LogP contribution >= 0.6 is 0 Å². The molecule has 1 N–H and O–H groups in total. The molecule has 1 aromatic rings. The molecule has 1 heterocycles. The number of ketones is 2. The molecule has 0 radical (unpaired) electrons. The maximum Gasteiger partial charge on any atom is 0.227 e. The van der Waals surface area contributed by atoms with Crippen molar-refractivity contribution < 1.29 is 14.7 Å². The number of rotatable bonds is 0. The van der Waals surface area contributed by atoms with Crippen LogP contribution in [0.1, 0.15) is 0 Å². The molecule has 0 atom stereocenters. The first-order valence-electron chi connectivity index (χ1n) is 3.76. The molecule has 0 fully saturated rings. The lowest BCUT2D eigenvalue weighted by Gasteiger charge is -1.96. The van der Waals surface area contributed by atoms with Crippen LogP contribution in [0.5, 0.6) is 5.88 Å². The number of hydrogen-bond donors (Lipinski definition) is 1. The second-order valence-corrected chi connectivity index (χ2v) is 2.92. The molecule has 0 unspecified atom stereocenters. The van der Waals surface area contributed by atoms with E-state index in [0.29, 0.717) is 10.6 Å². The van der Waals surface area contributed by atoms with Gasteiger partial charge in [0, 0.05) is 24.4 Å². The van der Waals surface area contributed by atoms with Crippen molar-refractivity contribution in [1.82, 2.24) is 4.57 Å². The van der Waals surface area contributed by atoms with Gasteiger partial charge in [0.15, 0.2) is 5.88 Å². The highest BCUT2D eigenvalue weighted by atomic mass is 16.3. The quantitative estimate of drug-likeness (QED) is 0.488. The van der Waals surface area contributed by atoms with Crippen LogP contribution in [0.15, 0.2) is 6.07 Å². The Labute approximate surface area is 73.4 Å². The van der Waals surface area contributed by atoms with Gasteiger partial charge in [0.05, 0.1) is 5.35 Å². The van der Waals surface area contributed by atoms with Gasteiger partial charge < -0.3 is 9.67 Å². The Hall–Kier alpha value is -1.84. The van der Waals surface area contributed by atoms with Crippen LogP contribution in [0.3, 0.4) is 0 Å². The fraction of sp³-hybridized carbons (Fsp3) is 0.111. The molecule has 0 bridgehead atoms. The molecule has 2 rings (SSSR count). The van der Waals surface area contributed by atoms with Gasteiger partial charge in [-0.1, -0.05) is 0 Å². The molecule has 0 spiro atoms. The molecule has 1 aliphatic rings. The summed E-state index contributed by atoms with van der Waals surface area (Å²) < 4.78 is 1.45. The molecular weight excluding hydrogens is 170 g/mol. The summed E-state index contributed by atoms with van der Waals surface area (Å²) >= 11 is 0. The van der Waals surface area contributed by atoms with Gasteiger partial charge in [-0.2, -0.15) is 0 Å². The summed E-state index contributed by atoms with van der Waals surface area (Å²) in [6.07, 6.45) is 2.47. The normalized spacial score (nSPS) is 14.8. The highest BCUT2D eigenvalue weighted by Gasteiger charge is 2.14. The predicted molar refractivity (Wildman–Crippen MR) is 45.3 cm³/mol. The number of aromatic nitrogens is 1. The first kappa shape index (κ1) is 7.79. The van der Waals surface area contributed by atoms with Crippen LogP contribution in [0, 0.1) is 0 Å². The fourth-order valence-electron chi connectivity index (χ4n) is 1.33. The zero-order valence-electron chi connectivity index (χ0n) is 6.94. The third kappa shape index (κ3) is 0.989. The standard InChI is InChI=1S/C9H7NO3/c1-10-6-4-8(12)7(11)2-5(6)3-9(10)13/h2-4,13H,1H3. The van der Waals surface area contributed by atoms with E-state index in [1.54, 1.807) is 7.05 Å². The zero-order chi connectivity index (χ0) is 9.59. The van der Waals surface area contributed by atoms with Crippen molar-refractivity contribution in [1.29, 1.82) is 0 Å². The third-order valence-electron chi connectivity index (χ3n) is 2.08. The second-order valence-electron chi connectivity index (χ2n) is 2.92. The highest BCUT2D eigenvalue weighted by Crippen LogP contribution is 1.99. The first-order chi connectivity index (χ1) is 6.09. The summed E-state index contributed by atoms with van der Waals surface area (Å²) in [5.74, 6) is -1.05. The molecule has 0 amide bonds. The molecule has 4 heteroatoms. The number of nitrogens with zero attached hydrogens (tertiary/aromatic N) is 1. The van der Waals surface area contributed by atoms with Gasteiger partial charge in [0.1, 0.15) is 0 Å². The molecule has 0 saturated carbocycles. The number of carbonyl (C=O) groups excluding carboxylic acids is 2. The van der Waals surface area contributed by atoms with E-state index in [1.807, 2.05) is 0 Å². The van der Waals surface area contributed by atoms with E-state index in [0.717, 1.165) is 0 Å². The van der Waals surface area contributed by atoms with Gasteiger partial charge in [-0.15, -0.1) is 0 Å². The predicted octanol–water partition coefficient (Wildman–Crippen LogP) is -1.56. The molecular formula is C9H7NO3. The van der Waals surface area contributed by atoms with Gasteiger partial charge in [0.25, 0.3) is 0 Å². The lowest BCUT2D eigenvalue weighted by molar-refractivity contribution is -0.129. The lowest BCUT2D eigenvalue weighted by Crippen LogP contribution is -2.35. The largest absolute Gasteiger partial charge is 0.494 e. The number of hydrogen-bond acceptors (Lipinski definition) is 3. The van der Waals surface area contributed by atoms with E-state index in [1.165, 1.54) is 22.8 Å². The topological polar surface area (TPSA) is 59.3 Å². The Morgan fingerprint density at radius 2 is 1.85 bits per heavy atom. The van der Waals surface area contributed by atoms with E-state index in [2.05, 4.69) is 0 Å². The molecule has 66 valence electrons. The summed E-state index contributed by atoms with van der Waals surface area (Å²) in [5.41, 5.74) is 0. The Morgan fingerprint density at radius 1 is 1.23 bits per heavy atom. The Kier molecular flexibility index (Phi) is 1.39. The molecule has 4 nitrogen and oxygen atoms in total. The van der Waals surface area contributed by atoms with Crippen molar-refractivity contribution in [2.24, 2.45) is 7.05 Å². The Morgan fingerprint density at radius 3 is 2.54 bits per heavy atom. The van der Waals surface area contributed by atoms with Gasteiger partial charge in [-0.25, -0.2) is 0 Å². The van der Waals surface area contributed by atoms with Crippen LogP contribution in [0.25, 0.3) is 12.2 Å². The summed E-state index contributed by atoms with van der Waals surface area (Å²) in [7, 11) is 1.63. The van der Waals surface area contributed by atoms with Crippen LogP contribution in [0.4, 0.5) is 0 Å². The third-order valence-corrected chi connectivity index (χ3v) is 2.08. The van der Waals surface area contributed by atoms with Crippen LogP contribution in [-0.2, 0) is 16.6 Å². The maximum absolute atomic E-state index is 11.0. The van der Waals surface area contributed by atoms with E-state index >= 15 is 0 Å². The fourth-order valence-corrected chi connectivity index (χ4v) is 1.33. The Balaban J connectivity index is 2.93. The van der Waals surface area contributed by atoms with Gasteiger partial charge >= 0.3 is 0 Å². The van der Waals surface area contributed by atoms with Gasteiger partial charge in [0.2, 0.25) is 11.6 Å². The van der Waals surface area contributed by atoms with Crippen LogP contribution in [-0.4, -0.2) is 21.2 Å². The monoisotopic (exact) mass is 177 g/mol. The SMILES string of the molecule is Cn1c(O)cc2c1=CC(=O)C(=O)C=2. The van der Waals surface area contributed by atoms with Gasteiger partial charge in [-0.05, 0) is 6.08 Å². The number of carbonyl (C=O) groups is 2. The van der Waals surface area contributed by atoms with E-state index in [9.17, 15) is 14.7 Å². The molecule has 0 aliphatic heterocycles. The molecule has 1 aromatic heterocycles. The molecule has 0 saturated heterocycles. The summed E-state index contributed by atoms with van der Waals surface area (Å²) in [4.78, 5) is 21.9. The number of aromatic hydroxyl groups is 1. The summed E-state index contributed by atoms with van der Waals surface area (Å²) in [5, 5.41) is 10.4. The van der Waals surface area contributed by atoms with Crippen LogP contribution in [0.2, 0.25) is 0 Å². The minimum absolute atomic E-state index is 0.0417. The highest BCUT2D eigenvalue weighted by molar-refractivity contribution is 6.57. The number of Topliss-reactive ketones (excluding diaryl/α,β-unsaturated/α-hetero) is 2. The van der Waals surface area contributed by atoms with Crippen molar-refractivity contribution in [2.45, 2.75) is 0 Å². The second kappa shape index (κ2) is 2.32. The van der Waals surface area contributed by atoms with E-state index in [-0.39, 0.29) is 5.88 Å². The first-order valence-corrected chi connectivity index (χ1v) is 3.76. The zero-order valence-corrected chi connectivity index (χ0v) is 6.94. The molecule has 0 aromatic carbocycles. The smallest absolute Gasteiger partial charge is 0.227 e. The minimum Gasteiger partial charge on any atom is -0.494 e. The molecule has 1 aliphatic carbocycles. The Bertz CT molecular complexity index is 522. The maximum atomic E-state index is 11.0. The van der Waals surface area contributed by atoms with E-state index < -0.39 is 11.6 Å².